The van der Waals surface area contributed by atoms with Gasteiger partial charge in [-0.1, -0.05) is 0 Å². The van der Waals surface area contributed by atoms with Crippen LogP contribution in [-0.2, 0) is 23.8 Å². The van der Waals surface area contributed by atoms with E-state index < -0.39 is 29.4 Å². The summed E-state index contributed by atoms with van der Waals surface area (Å²) in [5.41, 5.74) is -0.997. The van der Waals surface area contributed by atoms with Crippen LogP contribution in [0.15, 0.2) is 0 Å². The third-order valence-corrected chi connectivity index (χ3v) is 9.81. The Morgan fingerprint density at radius 2 is 1.38 bits per heavy atom. The lowest BCUT2D eigenvalue weighted by molar-refractivity contribution is -0.230. The van der Waals surface area contributed by atoms with Crippen molar-refractivity contribution in [2.24, 2.45) is 46.8 Å². The highest BCUT2D eigenvalue weighted by Gasteiger charge is 2.64. The molecule has 8 aliphatic carbocycles. The van der Waals surface area contributed by atoms with E-state index in [0.29, 0.717) is 43.4 Å². The molecule has 0 N–H and O–H groups in total. The minimum Gasteiger partial charge on any atom is -0.456 e. The third-order valence-electron chi connectivity index (χ3n) is 9.81. The average molecular weight is 453 g/mol. The number of carbonyl (C=O) groups is 2. The van der Waals surface area contributed by atoms with Crippen molar-refractivity contribution in [3.05, 3.63) is 0 Å². The van der Waals surface area contributed by atoms with E-state index in [1.165, 1.54) is 32.1 Å². The van der Waals surface area contributed by atoms with E-state index in [-0.39, 0.29) is 18.8 Å². The molecule has 0 amide bonds. The van der Waals surface area contributed by atoms with E-state index in [1.807, 2.05) is 0 Å². The van der Waals surface area contributed by atoms with Gasteiger partial charge in [-0.3, -0.25) is 4.79 Å². The molecule has 0 spiro atoms. The highest BCUT2D eigenvalue weighted by atomic mass is 19.3. The summed E-state index contributed by atoms with van der Waals surface area (Å²) in [6.07, 6.45) is 9.49. The lowest BCUT2D eigenvalue weighted by atomic mass is 9.48. The number of esters is 2. The van der Waals surface area contributed by atoms with E-state index in [0.717, 1.165) is 31.1 Å². The van der Waals surface area contributed by atoms with E-state index in [2.05, 4.69) is 0 Å². The Morgan fingerprint density at radius 1 is 0.844 bits per heavy atom. The zero-order valence-corrected chi connectivity index (χ0v) is 18.8. The standard InChI is InChI=1S/C25H34F2O5/c1-24(26,27)22(28)32-21-19-8-15-3-16(9-19)11-25(21,10-15)23(29)31-12-30-20-17-4-13-2-14(6-17)7-18(20)5-13/h13-21H,2-12H2,1H3. The maximum Gasteiger partial charge on any atom is 0.376 e. The molecule has 8 rings (SSSR count). The predicted molar refractivity (Wildman–Crippen MR) is 109 cm³/mol. The Hall–Kier alpha value is -1.24. The van der Waals surface area contributed by atoms with E-state index >= 15 is 0 Å². The Kier molecular flexibility index (Phi) is 4.91. The fourth-order valence-corrected chi connectivity index (χ4v) is 9.16. The average Bonchev–Trinajstić information content (AvgIpc) is 2.70. The van der Waals surface area contributed by atoms with Crippen LogP contribution in [0.1, 0.15) is 71.1 Å². The van der Waals surface area contributed by atoms with Gasteiger partial charge in [-0.2, -0.15) is 8.78 Å². The number of halogens is 2. The van der Waals surface area contributed by atoms with Gasteiger partial charge in [-0.15, -0.1) is 0 Å². The van der Waals surface area contributed by atoms with Crippen molar-refractivity contribution in [2.75, 3.05) is 6.79 Å². The van der Waals surface area contributed by atoms with E-state index in [1.54, 1.807) is 0 Å². The molecule has 3 unspecified atom stereocenters. The number of rotatable bonds is 6. The molecule has 7 heteroatoms. The van der Waals surface area contributed by atoms with Crippen LogP contribution in [0.5, 0.6) is 0 Å². The molecule has 0 aliphatic heterocycles. The van der Waals surface area contributed by atoms with Crippen LogP contribution < -0.4 is 0 Å². The molecule has 0 aromatic carbocycles. The number of carbonyl (C=O) groups excluding carboxylic acids is 2. The Balaban J connectivity index is 1.13. The summed E-state index contributed by atoms with van der Waals surface area (Å²) in [6, 6.07) is 0. The minimum atomic E-state index is -3.57. The molecule has 5 nitrogen and oxygen atoms in total. The molecule has 8 bridgehead atoms. The number of hydrogen-bond acceptors (Lipinski definition) is 5. The molecule has 178 valence electrons. The van der Waals surface area contributed by atoms with Crippen molar-refractivity contribution >= 4 is 11.9 Å². The SMILES string of the molecule is CC(F)(F)C(=O)OC1C2CC3CC(C2)CC1(C(=O)OCOC1C2CC4CC(C2)CC1C4)C3. The molecule has 3 atom stereocenters. The zero-order valence-electron chi connectivity index (χ0n) is 18.8. The highest BCUT2D eigenvalue weighted by Crippen LogP contribution is 2.61. The van der Waals surface area contributed by atoms with Crippen LogP contribution in [0.3, 0.4) is 0 Å². The molecule has 8 aliphatic rings. The van der Waals surface area contributed by atoms with Gasteiger partial charge in [-0.25, -0.2) is 4.79 Å². The summed E-state index contributed by atoms with van der Waals surface area (Å²) < 4.78 is 44.4. The molecule has 0 aromatic rings. The first-order valence-electron chi connectivity index (χ1n) is 12.6. The minimum absolute atomic E-state index is 0.0366. The van der Waals surface area contributed by atoms with Crippen LogP contribution >= 0.6 is 0 Å². The van der Waals surface area contributed by atoms with E-state index in [4.69, 9.17) is 14.2 Å². The molecule has 8 fully saturated rings. The Morgan fingerprint density at radius 3 is 1.94 bits per heavy atom. The van der Waals surface area contributed by atoms with Crippen molar-refractivity contribution in [2.45, 2.75) is 89.3 Å². The number of ether oxygens (including phenoxy) is 3. The fraction of sp³-hybridized carbons (Fsp3) is 0.920. The monoisotopic (exact) mass is 452 g/mol. The van der Waals surface area contributed by atoms with Crippen LogP contribution in [0.4, 0.5) is 8.78 Å². The van der Waals surface area contributed by atoms with Gasteiger partial charge < -0.3 is 14.2 Å². The summed E-state index contributed by atoms with van der Waals surface area (Å²) in [4.78, 5) is 25.4. The van der Waals surface area contributed by atoms with Crippen molar-refractivity contribution in [3.8, 4) is 0 Å². The van der Waals surface area contributed by atoms with Crippen LogP contribution in [0.25, 0.3) is 0 Å². The van der Waals surface area contributed by atoms with Crippen molar-refractivity contribution in [3.63, 3.8) is 0 Å². The molecule has 0 radical (unpaired) electrons. The predicted octanol–water partition coefficient (Wildman–Crippen LogP) is 4.72. The van der Waals surface area contributed by atoms with Gasteiger partial charge in [0.1, 0.15) is 11.5 Å². The highest BCUT2D eigenvalue weighted by molar-refractivity contribution is 5.81. The van der Waals surface area contributed by atoms with Gasteiger partial charge in [0, 0.05) is 6.92 Å². The van der Waals surface area contributed by atoms with Gasteiger partial charge in [-0.05, 0) is 106 Å². The lowest BCUT2D eigenvalue weighted by Crippen LogP contribution is -2.61. The lowest BCUT2D eigenvalue weighted by Gasteiger charge is -2.58. The van der Waals surface area contributed by atoms with Gasteiger partial charge in [0.05, 0.1) is 6.10 Å². The summed E-state index contributed by atoms with van der Waals surface area (Å²) in [7, 11) is 0. The van der Waals surface area contributed by atoms with Gasteiger partial charge in [0.2, 0.25) is 0 Å². The quantitative estimate of drug-likeness (QED) is 0.431. The van der Waals surface area contributed by atoms with Crippen LogP contribution in [0, 0.1) is 46.8 Å². The van der Waals surface area contributed by atoms with Crippen molar-refractivity contribution < 1.29 is 32.6 Å². The first-order chi connectivity index (χ1) is 15.2. The Bertz CT molecular complexity index is 750. The van der Waals surface area contributed by atoms with Gasteiger partial charge >= 0.3 is 17.9 Å². The first kappa shape index (κ1) is 21.3. The van der Waals surface area contributed by atoms with Gasteiger partial charge in [0.25, 0.3) is 0 Å². The van der Waals surface area contributed by atoms with Gasteiger partial charge in [0.15, 0.2) is 6.79 Å². The maximum absolute atomic E-state index is 13.6. The molecule has 0 saturated heterocycles. The summed E-state index contributed by atoms with van der Waals surface area (Å²) in [6.45, 7) is 0.466. The van der Waals surface area contributed by atoms with Crippen molar-refractivity contribution in [1.29, 1.82) is 0 Å². The molecular formula is C25H34F2O5. The largest absolute Gasteiger partial charge is 0.456 e. The van der Waals surface area contributed by atoms with E-state index in [9.17, 15) is 18.4 Å². The molecule has 8 saturated carbocycles. The maximum atomic E-state index is 13.6. The Labute approximate surface area is 187 Å². The number of hydrogen-bond donors (Lipinski definition) is 0. The smallest absolute Gasteiger partial charge is 0.376 e. The second kappa shape index (κ2) is 7.38. The second-order valence-electron chi connectivity index (χ2n) is 12.1. The molecule has 0 heterocycles. The second-order valence-corrected chi connectivity index (χ2v) is 12.1. The summed E-state index contributed by atoms with van der Waals surface area (Å²) >= 11 is 0. The topological polar surface area (TPSA) is 61.8 Å². The fourth-order valence-electron chi connectivity index (χ4n) is 9.16. The summed E-state index contributed by atoms with van der Waals surface area (Å²) in [5, 5.41) is 0. The zero-order chi connectivity index (χ0) is 22.3. The number of alkyl halides is 2. The molecule has 32 heavy (non-hydrogen) atoms. The first-order valence-corrected chi connectivity index (χ1v) is 12.6. The molecular weight excluding hydrogens is 418 g/mol. The molecule has 0 aromatic heterocycles. The summed E-state index contributed by atoms with van der Waals surface area (Å²) in [5.74, 6) is -1.96. The normalized spacial score (nSPS) is 48.2. The van der Waals surface area contributed by atoms with Crippen molar-refractivity contribution in [1.82, 2.24) is 0 Å². The van der Waals surface area contributed by atoms with Crippen LogP contribution in [-0.4, -0.2) is 36.9 Å². The third kappa shape index (κ3) is 3.40. The van der Waals surface area contributed by atoms with Crippen LogP contribution in [0.2, 0.25) is 0 Å².